The lowest BCUT2D eigenvalue weighted by Crippen LogP contribution is -2.46. The Labute approximate surface area is 180 Å². The number of aromatic nitrogens is 1. The highest BCUT2D eigenvalue weighted by molar-refractivity contribution is 8.01. The van der Waals surface area contributed by atoms with Gasteiger partial charge in [-0.2, -0.15) is 0 Å². The molecule has 2 aromatic rings. The minimum Gasteiger partial charge on any atom is -0.456 e. The number of benzene rings is 1. The summed E-state index contributed by atoms with van der Waals surface area (Å²) in [5.41, 5.74) is 3.56. The van der Waals surface area contributed by atoms with Gasteiger partial charge in [0.25, 0.3) is 0 Å². The van der Waals surface area contributed by atoms with E-state index in [1.807, 2.05) is 45.0 Å². The van der Waals surface area contributed by atoms with Crippen LogP contribution in [0.5, 0.6) is 0 Å². The summed E-state index contributed by atoms with van der Waals surface area (Å²) in [5.74, 6) is -0.217. The number of esters is 1. The second-order valence-electron chi connectivity index (χ2n) is 8.15. The Hall–Kier alpha value is -2.54. The van der Waals surface area contributed by atoms with Gasteiger partial charge in [0, 0.05) is 35.7 Å². The van der Waals surface area contributed by atoms with Crippen LogP contribution in [-0.2, 0) is 20.9 Å². The van der Waals surface area contributed by atoms with E-state index in [9.17, 15) is 14.4 Å². The topological polar surface area (TPSA) is 68.6 Å². The molecule has 7 heteroatoms. The molecule has 0 N–H and O–H groups in total. The number of nitrogens with zero attached hydrogens (tertiary/aromatic N) is 2. The molecular weight excluding hydrogens is 400 g/mol. The molecule has 0 spiro atoms. The molecule has 0 aliphatic carbocycles. The number of amides is 1. The normalized spacial score (nSPS) is 23.0. The lowest BCUT2D eigenvalue weighted by molar-refractivity contribution is -0.152. The van der Waals surface area contributed by atoms with Crippen molar-refractivity contribution in [2.24, 2.45) is 0 Å². The van der Waals surface area contributed by atoms with Gasteiger partial charge in [-0.3, -0.25) is 9.59 Å². The monoisotopic (exact) mass is 426 g/mol. The molecule has 1 aromatic carbocycles. The molecule has 1 amide bonds. The van der Waals surface area contributed by atoms with Gasteiger partial charge < -0.3 is 14.2 Å². The quantitative estimate of drug-likeness (QED) is 0.524. The number of fused-ring (bicyclic) bond motifs is 1. The van der Waals surface area contributed by atoms with Crippen molar-refractivity contribution in [1.29, 1.82) is 0 Å². The Balaban J connectivity index is 1.42. The molecule has 0 bridgehead atoms. The molecule has 0 unspecified atom stereocenters. The average Bonchev–Trinajstić information content (AvgIpc) is 3.33. The van der Waals surface area contributed by atoms with E-state index >= 15 is 0 Å². The maximum Gasteiger partial charge on any atom is 0.330 e. The van der Waals surface area contributed by atoms with Gasteiger partial charge in [0.1, 0.15) is 6.04 Å². The van der Waals surface area contributed by atoms with Gasteiger partial charge in [-0.05, 0) is 38.8 Å². The predicted molar refractivity (Wildman–Crippen MR) is 115 cm³/mol. The third-order valence-electron chi connectivity index (χ3n) is 6.12. The minimum absolute atomic E-state index is 0.0137. The summed E-state index contributed by atoms with van der Waals surface area (Å²) in [6.45, 7) is 6.23. The molecule has 0 radical (unpaired) electrons. The first kappa shape index (κ1) is 20.7. The molecule has 30 heavy (non-hydrogen) atoms. The fraction of sp³-hybridized carbons (Fsp3) is 0.435. The van der Waals surface area contributed by atoms with Crippen molar-refractivity contribution >= 4 is 29.4 Å². The lowest BCUT2D eigenvalue weighted by Gasteiger charge is -2.29. The Morgan fingerprint density at radius 3 is 2.70 bits per heavy atom. The number of hydrogen-bond acceptors (Lipinski definition) is 5. The standard InChI is InChI=1S/C23H26N2O4S/c1-15-11-18(16(2)24(15)12-17-7-5-4-6-8-17)20(26)13-29-22(28)19-14-30-23(3)10-9-21(27)25(19)23/h4-8,11,19H,9-10,12-14H2,1-3H3/t19-,23+/m1/s1. The van der Waals surface area contributed by atoms with Crippen LogP contribution < -0.4 is 0 Å². The zero-order chi connectivity index (χ0) is 21.5. The molecule has 2 aliphatic heterocycles. The van der Waals surface area contributed by atoms with E-state index in [0.717, 1.165) is 23.4 Å². The molecule has 1 aromatic heterocycles. The molecule has 6 nitrogen and oxygen atoms in total. The molecular formula is C23H26N2O4S. The highest BCUT2D eigenvalue weighted by Gasteiger charge is 2.53. The Kier molecular flexibility index (Phi) is 5.49. The summed E-state index contributed by atoms with van der Waals surface area (Å²) in [4.78, 5) is 38.9. The van der Waals surface area contributed by atoms with Gasteiger partial charge in [-0.25, -0.2) is 4.79 Å². The van der Waals surface area contributed by atoms with E-state index in [0.29, 0.717) is 24.3 Å². The zero-order valence-corrected chi connectivity index (χ0v) is 18.3. The van der Waals surface area contributed by atoms with Gasteiger partial charge in [0.05, 0.1) is 4.87 Å². The van der Waals surface area contributed by atoms with Gasteiger partial charge in [0.2, 0.25) is 11.7 Å². The Bertz CT molecular complexity index is 1000. The molecule has 2 aliphatic rings. The van der Waals surface area contributed by atoms with Crippen LogP contribution >= 0.6 is 11.8 Å². The first-order chi connectivity index (χ1) is 14.3. The number of thioether (sulfide) groups is 1. The van der Waals surface area contributed by atoms with E-state index in [1.165, 1.54) is 0 Å². The number of carbonyl (C=O) groups excluding carboxylic acids is 3. The van der Waals surface area contributed by atoms with Crippen LogP contribution in [0.15, 0.2) is 36.4 Å². The van der Waals surface area contributed by atoms with Crippen molar-refractivity contribution in [2.75, 3.05) is 12.4 Å². The second kappa shape index (κ2) is 7.95. The highest BCUT2D eigenvalue weighted by atomic mass is 32.2. The van der Waals surface area contributed by atoms with Crippen LogP contribution in [0, 0.1) is 13.8 Å². The SMILES string of the molecule is Cc1cc(C(=O)COC(=O)[C@H]2CS[C@@]3(C)CCC(=O)N23)c(C)n1Cc1ccccc1. The number of ketones is 1. The highest BCUT2D eigenvalue weighted by Crippen LogP contribution is 2.47. The number of hydrogen-bond donors (Lipinski definition) is 0. The zero-order valence-electron chi connectivity index (χ0n) is 17.5. The summed E-state index contributed by atoms with van der Waals surface area (Å²) in [6.07, 6.45) is 1.20. The number of carbonyl (C=O) groups is 3. The van der Waals surface area contributed by atoms with E-state index in [2.05, 4.69) is 16.7 Å². The van der Waals surface area contributed by atoms with E-state index in [1.54, 1.807) is 16.7 Å². The van der Waals surface area contributed by atoms with Crippen LogP contribution in [0.1, 0.15) is 47.1 Å². The largest absolute Gasteiger partial charge is 0.456 e. The Morgan fingerprint density at radius 2 is 1.97 bits per heavy atom. The van der Waals surface area contributed by atoms with Crippen molar-refractivity contribution in [3.63, 3.8) is 0 Å². The third kappa shape index (κ3) is 3.67. The summed E-state index contributed by atoms with van der Waals surface area (Å²) in [6, 6.07) is 11.3. The van der Waals surface area contributed by atoms with Crippen molar-refractivity contribution in [1.82, 2.24) is 9.47 Å². The number of ether oxygens (including phenoxy) is 1. The van der Waals surface area contributed by atoms with Crippen molar-refractivity contribution in [2.45, 2.75) is 51.1 Å². The fourth-order valence-corrected chi connectivity index (χ4v) is 5.82. The fourth-order valence-electron chi connectivity index (χ4n) is 4.40. The maximum absolute atomic E-state index is 12.8. The molecule has 4 rings (SSSR count). The van der Waals surface area contributed by atoms with Crippen LogP contribution in [-0.4, -0.2) is 50.4 Å². The summed E-state index contributed by atoms with van der Waals surface area (Å²) in [5, 5.41) is 0. The average molecular weight is 427 g/mol. The first-order valence-electron chi connectivity index (χ1n) is 10.2. The Morgan fingerprint density at radius 1 is 1.23 bits per heavy atom. The summed E-state index contributed by atoms with van der Waals surface area (Å²) < 4.78 is 7.45. The molecule has 0 saturated carbocycles. The molecule has 2 saturated heterocycles. The van der Waals surface area contributed by atoms with Crippen molar-refractivity contribution in [3.05, 3.63) is 58.9 Å². The first-order valence-corrected chi connectivity index (χ1v) is 11.2. The number of aryl methyl sites for hydroxylation is 1. The van der Waals surface area contributed by atoms with Gasteiger partial charge in [-0.1, -0.05) is 30.3 Å². The second-order valence-corrected chi connectivity index (χ2v) is 9.65. The summed E-state index contributed by atoms with van der Waals surface area (Å²) >= 11 is 1.61. The van der Waals surface area contributed by atoms with Gasteiger partial charge in [0.15, 0.2) is 6.61 Å². The van der Waals surface area contributed by atoms with E-state index < -0.39 is 12.0 Å². The van der Waals surface area contributed by atoms with Crippen LogP contribution in [0.4, 0.5) is 0 Å². The molecule has 2 fully saturated rings. The van der Waals surface area contributed by atoms with Gasteiger partial charge >= 0.3 is 5.97 Å². The molecule has 3 heterocycles. The number of Topliss-reactive ketones (excluding diaryl/α,β-unsaturated/α-hetero) is 1. The molecule has 158 valence electrons. The minimum atomic E-state index is -0.603. The summed E-state index contributed by atoms with van der Waals surface area (Å²) in [7, 11) is 0. The molecule has 2 atom stereocenters. The van der Waals surface area contributed by atoms with Crippen molar-refractivity contribution < 1.29 is 19.1 Å². The smallest absolute Gasteiger partial charge is 0.330 e. The maximum atomic E-state index is 12.8. The predicted octanol–water partition coefficient (Wildman–Crippen LogP) is 3.33. The third-order valence-corrected chi connectivity index (χ3v) is 7.63. The lowest BCUT2D eigenvalue weighted by atomic mass is 10.1. The van der Waals surface area contributed by atoms with Crippen molar-refractivity contribution in [3.8, 4) is 0 Å². The van der Waals surface area contributed by atoms with Crippen LogP contribution in [0.3, 0.4) is 0 Å². The van der Waals surface area contributed by atoms with Crippen LogP contribution in [0.2, 0.25) is 0 Å². The van der Waals surface area contributed by atoms with E-state index in [4.69, 9.17) is 4.74 Å². The van der Waals surface area contributed by atoms with E-state index in [-0.39, 0.29) is 23.2 Å². The number of rotatable bonds is 6. The van der Waals surface area contributed by atoms with Crippen LogP contribution in [0.25, 0.3) is 0 Å². The van der Waals surface area contributed by atoms with Gasteiger partial charge in [-0.15, -0.1) is 11.8 Å².